The summed E-state index contributed by atoms with van der Waals surface area (Å²) >= 11 is 0. The highest BCUT2D eigenvalue weighted by atomic mass is 28.3. The maximum Gasteiger partial charge on any atom is 0.217 e. The Hall–Kier alpha value is -1.23. The molecule has 24 atom stereocenters. The third-order valence-corrected chi connectivity index (χ3v) is 13.4. The number of carbonyl (C=O) groups is 1. The smallest absolute Gasteiger partial charge is 0.217 e. The van der Waals surface area contributed by atoms with Crippen molar-refractivity contribution in [2.24, 2.45) is 0 Å². The molecule has 0 spiro atoms. The van der Waals surface area contributed by atoms with Gasteiger partial charge < -0.3 is 119 Å². The van der Waals surface area contributed by atoms with Gasteiger partial charge in [0.15, 0.2) is 31.5 Å². The van der Waals surface area contributed by atoms with Crippen LogP contribution in [0.1, 0.15) is 20.3 Å². The lowest BCUT2D eigenvalue weighted by Crippen LogP contribution is -2.70. The average molecular weight is 938 g/mol. The van der Waals surface area contributed by atoms with E-state index in [1.54, 1.807) is 0 Å². The normalized spacial score (nSPS) is 47.6. The van der Waals surface area contributed by atoms with Gasteiger partial charge in [0, 0.05) is 28.0 Å². The highest BCUT2D eigenvalue weighted by molar-refractivity contribution is 6.76. The number of aliphatic hydroxyl groups excluding tert-OH is 13. The van der Waals surface area contributed by atoms with Crippen LogP contribution in [-0.4, -0.2) is 261 Å². The molecule has 5 saturated heterocycles. The molecule has 63 heavy (non-hydrogen) atoms. The van der Waals surface area contributed by atoms with Crippen LogP contribution in [0.5, 0.6) is 0 Å². The first-order chi connectivity index (χ1) is 29.6. The number of rotatable bonds is 17. The summed E-state index contributed by atoms with van der Waals surface area (Å²) in [5.74, 6) is -0.765. The fourth-order valence-corrected chi connectivity index (χ4v) is 8.70. The number of hydrogen-bond acceptors (Lipinski definition) is 24. The zero-order valence-corrected chi connectivity index (χ0v) is 36.6. The number of amides is 1. The van der Waals surface area contributed by atoms with E-state index in [0.717, 1.165) is 6.92 Å². The molecular weight excluding hydrogens is 870 g/mol. The van der Waals surface area contributed by atoms with Gasteiger partial charge in [-0.2, -0.15) is 0 Å². The van der Waals surface area contributed by atoms with Crippen molar-refractivity contribution in [3.8, 4) is 0 Å². The molecule has 25 nitrogen and oxygen atoms in total. The summed E-state index contributed by atoms with van der Waals surface area (Å²) in [7, 11) is -1.57. The molecule has 5 aliphatic heterocycles. The first-order valence-corrected chi connectivity index (χ1v) is 24.7. The summed E-state index contributed by atoms with van der Waals surface area (Å²) in [4.78, 5) is 12.9. The highest BCUT2D eigenvalue weighted by Crippen LogP contribution is 2.37. The molecule has 0 aromatic heterocycles. The van der Waals surface area contributed by atoms with Crippen molar-refractivity contribution in [1.82, 2.24) is 5.32 Å². The molecule has 5 heterocycles. The van der Waals surface area contributed by atoms with Gasteiger partial charge in [-0.05, 0) is 13.0 Å². The van der Waals surface area contributed by atoms with E-state index in [1.807, 2.05) is 0 Å². The topological polar surface area (TPSA) is 384 Å². The lowest BCUT2D eigenvalue weighted by molar-refractivity contribution is -0.387. The predicted molar refractivity (Wildman–Crippen MR) is 207 cm³/mol. The van der Waals surface area contributed by atoms with E-state index in [1.165, 1.54) is 6.92 Å². The molecule has 0 saturated carbocycles. The summed E-state index contributed by atoms with van der Waals surface area (Å²) in [5, 5.41) is 141. The number of aliphatic hydroxyl groups is 13. The minimum Gasteiger partial charge on any atom is -0.394 e. The molecule has 5 fully saturated rings. The van der Waals surface area contributed by atoms with E-state index in [0.29, 0.717) is 6.04 Å². The molecular formula is C37H67NO24Si. The van der Waals surface area contributed by atoms with Crippen LogP contribution in [0.3, 0.4) is 0 Å². The Morgan fingerprint density at radius 2 is 1.08 bits per heavy atom. The maximum atomic E-state index is 12.9. The lowest BCUT2D eigenvalue weighted by Gasteiger charge is -2.51. The number of hydrogen-bond donors (Lipinski definition) is 14. The average Bonchev–Trinajstić information content (AvgIpc) is 3.23. The van der Waals surface area contributed by atoms with E-state index in [-0.39, 0.29) is 13.0 Å². The third-order valence-electron chi connectivity index (χ3n) is 11.7. The van der Waals surface area contributed by atoms with Crippen LogP contribution in [0.25, 0.3) is 0 Å². The van der Waals surface area contributed by atoms with Gasteiger partial charge in [-0.1, -0.05) is 19.6 Å². The molecule has 0 bridgehead atoms. The predicted octanol–water partition coefficient (Wildman–Crippen LogP) is -7.36. The Morgan fingerprint density at radius 1 is 0.556 bits per heavy atom. The molecule has 0 radical (unpaired) electrons. The van der Waals surface area contributed by atoms with Crippen molar-refractivity contribution in [3.63, 3.8) is 0 Å². The standard InChI is InChI=1S/C37H67NO24Si/c1-13-22(45)25(48)27(50)36(54-13)61-32-21(38-14(2)43)34(57-19(12-42)31(32)59-20-8-15(44)23(46)16(9-39)55-20)62-33-24(47)17(10-40)56-37(29(33)52)60-30-18(11-41)58-35(28(51)26(30)49)53-6-7-63(3,4)5/h13,15-37,39-42,44-52H,6-12H2,1-5H3,(H,38,43)/t13-,15+,16+,17+,18+,19+,20-,21+,22+,23+,24-,25+,26+,27-,28+,29+,30+,31+,32+,33-,34-,35+,36-,37-/m0/s1. The lowest BCUT2D eigenvalue weighted by atomic mass is 9.93. The fourth-order valence-electron chi connectivity index (χ4n) is 7.97. The van der Waals surface area contributed by atoms with Crippen LogP contribution in [0.4, 0.5) is 0 Å². The van der Waals surface area contributed by atoms with E-state index < -0.39 is 188 Å². The molecule has 0 aromatic rings. The van der Waals surface area contributed by atoms with Crippen LogP contribution < -0.4 is 5.32 Å². The van der Waals surface area contributed by atoms with Gasteiger partial charge in [0.25, 0.3) is 0 Å². The Bertz CT molecular complexity index is 1420. The summed E-state index contributed by atoms with van der Waals surface area (Å²) < 4.78 is 58.9. The first-order valence-electron chi connectivity index (χ1n) is 21.0. The quantitative estimate of drug-likeness (QED) is 0.0603. The Morgan fingerprint density at radius 3 is 1.68 bits per heavy atom. The van der Waals surface area contributed by atoms with E-state index >= 15 is 0 Å². The van der Waals surface area contributed by atoms with Crippen LogP contribution in [0, 0.1) is 0 Å². The SMILES string of the molecule is CC(=O)N[C@H]1[C@H](O[C@H]2[C@@H](O)[C@@H](CO)O[C@@H](O[C@H]3[C@H](O)[C@@H](O)[C@H](OCC[Si](C)(C)C)O[C@@H]3CO)[C@@H]2O)O[C@H](CO)[C@@H](O[C@H]2C[C@@H](O)[C@@H](O)[C@@H](CO)O2)[C@@H]1O[C@@H]1O[C@@H](C)[C@@H](O)[C@@H](O)[C@@H]1O. The van der Waals surface area contributed by atoms with Gasteiger partial charge in [0.05, 0.1) is 38.6 Å². The van der Waals surface area contributed by atoms with E-state index in [2.05, 4.69) is 25.0 Å². The largest absolute Gasteiger partial charge is 0.394 e. The van der Waals surface area contributed by atoms with Crippen LogP contribution >= 0.6 is 0 Å². The van der Waals surface area contributed by atoms with Gasteiger partial charge in [-0.15, -0.1) is 0 Å². The summed E-state index contributed by atoms with van der Waals surface area (Å²) in [5.41, 5.74) is 0. The zero-order chi connectivity index (χ0) is 46.7. The van der Waals surface area contributed by atoms with Gasteiger partial charge >= 0.3 is 0 Å². The second-order valence-electron chi connectivity index (χ2n) is 17.7. The summed E-state index contributed by atoms with van der Waals surface area (Å²) in [6, 6.07) is -0.939. The van der Waals surface area contributed by atoms with E-state index in [9.17, 15) is 71.2 Å². The Kier molecular flexibility index (Phi) is 19.0. The molecule has 5 rings (SSSR count). The molecule has 368 valence electrons. The van der Waals surface area contributed by atoms with Gasteiger partial charge in [0.2, 0.25) is 5.91 Å². The van der Waals surface area contributed by atoms with Gasteiger partial charge in [0.1, 0.15) is 104 Å². The fraction of sp³-hybridized carbons (Fsp3) is 0.973. The van der Waals surface area contributed by atoms with Crippen LogP contribution in [-0.2, 0) is 52.2 Å². The molecule has 5 aliphatic rings. The minimum atomic E-state index is -2.06. The first kappa shape index (κ1) is 52.7. The van der Waals surface area contributed by atoms with Crippen molar-refractivity contribution in [2.75, 3.05) is 33.0 Å². The van der Waals surface area contributed by atoms with Crippen molar-refractivity contribution >= 4 is 14.0 Å². The second kappa shape index (κ2) is 22.7. The minimum absolute atomic E-state index is 0.191. The molecule has 0 aliphatic carbocycles. The number of carbonyl (C=O) groups excluding carboxylic acids is 1. The summed E-state index contributed by atoms with van der Waals surface area (Å²) in [6.45, 7) is 5.63. The molecule has 0 aromatic carbocycles. The molecule has 14 N–H and O–H groups in total. The summed E-state index contributed by atoms with van der Waals surface area (Å²) in [6.07, 6.45) is -38.2. The third kappa shape index (κ3) is 12.5. The van der Waals surface area contributed by atoms with Crippen LogP contribution in [0.15, 0.2) is 0 Å². The molecule has 26 heteroatoms. The monoisotopic (exact) mass is 937 g/mol. The maximum absolute atomic E-state index is 12.9. The van der Waals surface area contributed by atoms with Crippen LogP contribution in [0.2, 0.25) is 25.7 Å². The number of nitrogens with one attached hydrogen (secondary N) is 1. The van der Waals surface area contributed by atoms with Crippen molar-refractivity contribution in [1.29, 1.82) is 0 Å². The zero-order valence-electron chi connectivity index (χ0n) is 35.6. The Labute approximate surface area is 363 Å². The molecule has 0 unspecified atom stereocenters. The van der Waals surface area contributed by atoms with Crippen molar-refractivity contribution in [2.45, 2.75) is 193 Å². The van der Waals surface area contributed by atoms with Gasteiger partial charge in [-0.25, -0.2) is 0 Å². The van der Waals surface area contributed by atoms with Crippen molar-refractivity contribution in [3.05, 3.63) is 0 Å². The second-order valence-corrected chi connectivity index (χ2v) is 23.3. The number of ether oxygens (including phenoxy) is 10. The van der Waals surface area contributed by atoms with Crippen molar-refractivity contribution < 1.29 is 119 Å². The molecule has 1 amide bonds. The van der Waals surface area contributed by atoms with Gasteiger partial charge in [-0.3, -0.25) is 4.79 Å². The van der Waals surface area contributed by atoms with E-state index in [4.69, 9.17) is 47.4 Å². The highest BCUT2D eigenvalue weighted by Gasteiger charge is 2.57. The Balaban J connectivity index is 1.44.